The molecule has 21 heavy (non-hydrogen) atoms. The molecule has 7 heteroatoms. The van der Waals surface area contributed by atoms with Crippen molar-refractivity contribution in [3.8, 4) is 5.75 Å². The van der Waals surface area contributed by atoms with Crippen molar-refractivity contribution >= 4 is 5.78 Å². The first-order valence-corrected chi connectivity index (χ1v) is 6.31. The van der Waals surface area contributed by atoms with Gasteiger partial charge in [-0.05, 0) is 32.0 Å². The Morgan fingerprint density at radius 3 is 2.43 bits per heavy atom. The highest BCUT2D eigenvalue weighted by atomic mass is 19.4. The fourth-order valence-corrected chi connectivity index (χ4v) is 1.82. The van der Waals surface area contributed by atoms with E-state index < -0.39 is 36.9 Å². The smallest absolute Gasteiger partial charge is 0.401 e. The number of alkyl halides is 3. The van der Waals surface area contributed by atoms with E-state index >= 15 is 0 Å². The summed E-state index contributed by atoms with van der Waals surface area (Å²) in [6, 6.07) is 2.88. The molecule has 0 amide bonds. The Morgan fingerprint density at radius 1 is 1.33 bits per heavy atom. The molecule has 1 rings (SSSR count). The second-order valence-corrected chi connectivity index (χ2v) is 4.88. The molecule has 0 saturated heterocycles. The molecule has 0 N–H and O–H groups in total. The number of hydrogen-bond donors (Lipinski definition) is 0. The fraction of sp³-hybridized carbons (Fsp3) is 0.500. The van der Waals surface area contributed by atoms with E-state index in [2.05, 4.69) is 0 Å². The Bertz CT molecular complexity index is 500. The van der Waals surface area contributed by atoms with Crippen LogP contribution in [0.5, 0.6) is 5.75 Å². The molecule has 0 bridgehead atoms. The normalized spacial score (nSPS) is 12.0. The summed E-state index contributed by atoms with van der Waals surface area (Å²) >= 11 is 0. The topological polar surface area (TPSA) is 29.5 Å². The Labute approximate surface area is 120 Å². The number of ketones is 1. The molecule has 0 atom stereocenters. The molecule has 0 aliphatic rings. The van der Waals surface area contributed by atoms with E-state index in [1.54, 1.807) is 13.8 Å². The molecule has 0 radical (unpaired) electrons. The average molecular weight is 307 g/mol. The number of halogens is 4. The van der Waals surface area contributed by atoms with E-state index in [4.69, 9.17) is 4.74 Å². The SMILES string of the molecule is COc1ccc(F)cc1C(=O)CN(CC(F)(F)F)C(C)C. The van der Waals surface area contributed by atoms with Gasteiger partial charge in [-0.15, -0.1) is 0 Å². The number of ether oxygens (including phenoxy) is 1. The highest BCUT2D eigenvalue weighted by molar-refractivity contribution is 6.00. The molecule has 0 spiro atoms. The summed E-state index contributed by atoms with van der Waals surface area (Å²) in [5, 5.41) is 0. The van der Waals surface area contributed by atoms with Gasteiger partial charge in [0.1, 0.15) is 11.6 Å². The van der Waals surface area contributed by atoms with Crippen LogP contribution in [-0.4, -0.2) is 43.1 Å². The van der Waals surface area contributed by atoms with E-state index in [0.29, 0.717) is 0 Å². The summed E-state index contributed by atoms with van der Waals surface area (Å²) in [6.07, 6.45) is -4.41. The van der Waals surface area contributed by atoms with Crippen molar-refractivity contribution in [1.82, 2.24) is 4.90 Å². The zero-order chi connectivity index (χ0) is 16.2. The lowest BCUT2D eigenvalue weighted by atomic mass is 10.1. The molecule has 0 aromatic heterocycles. The fourth-order valence-electron chi connectivity index (χ4n) is 1.82. The van der Waals surface area contributed by atoms with Crippen LogP contribution in [0.1, 0.15) is 24.2 Å². The second-order valence-electron chi connectivity index (χ2n) is 4.88. The molecule has 0 aliphatic carbocycles. The van der Waals surface area contributed by atoms with Crippen LogP contribution in [0.2, 0.25) is 0 Å². The summed E-state index contributed by atoms with van der Waals surface area (Å²) in [7, 11) is 1.31. The van der Waals surface area contributed by atoms with Crippen LogP contribution >= 0.6 is 0 Å². The second kappa shape index (κ2) is 6.89. The number of nitrogens with zero attached hydrogens (tertiary/aromatic N) is 1. The first-order valence-electron chi connectivity index (χ1n) is 6.31. The molecule has 0 saturated carbocycles. The minimum atomic E-state index is -4.41. The van der Waals surface area contributed by atoms with Crippen LogP contribution in [0.15, 0.2) is 18.2 Å². The predicted molar refractivity (Wildman–Crippen MR) is 70.0 cm³/mol. The zero-order valence-electron chi connectivity index (χ0n) is 12.0. The number of carbonyl (C=O) groups excluding carboxylic acids is 1. The molecule has 0 unspecified atom stereocenters. The highest BCUT2D eigenvalue weighted by Crippen LogP contribution is 2.22. The van der Waals surface area contributed by atoms with E-state index in [9.17, 15) is 22.4 Å². The van der Waals surface area contributed by atoms with Gasteiger partial charge in [0.05, 0.1) is 25.8 Å². The maximum Gasteiger partial charge on any atom is 0.401 e. The standard InChI is InChI=1S/C14H17F4NO2/c1-9(2)19(8-14(16,17)18)7-12(20)11-6-10(15)4-5-13(11)21-3/h4-6,9H,7-8H2,1-3H3. The van der Waals surface area contributed by atoms with E-state index in [1.165, 1.54) is 13.2 Å². The molecular weight excluding hydrogens is 290 g/mol. The van der Waals surface area contributed by atoms with Gasteiger partial charge in [-0.2, -0.15) is 13.2 Å². The predicted octanol–water partition coefficient (Wildman–Crippen LogP) is 3.29. The number of benzene rings is 1. The van der Waals surface area contributed by atoms with Crippen molar-refractivity contribution in [2.45, 2.75) is 26.1 Å². The Balaban J connectivity index is 2.94. The summed E-state index contributed by atoms with van der Waals surface area (Å²) in [4.78, 5) is 13.1. The van der Waals surface area contributed by atoms with Gasteiger partial charge in [-0.1, -0.05) is 0 Å². The first kappa shape index (κ1) is 17.4. The molecule has 0 heterocycles. The maximum atomic E-state index is 13.2. The van der Waals surface area contributed by atoms with Crippen LogP contribution in [0.3, 0.4) is 0 Å². The van der Waals surface area contributed by atoms with Crippen molar-refractivity contribution in [1.29, 1.82) is 0 Å². The molecule has 3 nitrogen and oxygen atoms in total. The highest BCUT2D eigenvalue weighted by Gasteiger charge is 2.33. The number of methoxy groups -OCH3 is 1. The van der Waals surface area contributed by atoms with Gasteiger partial charge in [-0.3, -0.25) is 9.69 Å². The molecule has 0 fully saturated rings. The minimum Gasteiger partial charge on any atom is -0.496 e. The quantitative estimate of drug-likeness (QED) is 0.596. The van der Waals surface area contributed by atoms with Crippen molar-refractivity contribution < 1.29 is 27.1 Å². The number of Topliss-reactive ketones (excluding diaryl/α,β-unsaturated/α-hetero) is 1. The molecule has 1 aromatic rings. The summed E-state index contributed by atoms with van der Waals surface area (Å²) in [5.74, 6) is -1.13. The van der Waals surface area contributed by atoms with Crippen molar-refractivity contribution in [2.75, 3.05) is 20.2 Å². The molecule has 1 aromatic carbocycles. The Kier molecular flexibility index (Phi) is 5.71. The lowest BCUT2D eigenvalue weighted by molar-refractivity contribution is -0.148. The summed E-state index contributed by atoms with van der Waals surface area (Å²) < 4.78 is 55.6. The molecule has 0 aliphatic heterocycles. The van der Waals surface area contributed by atoms with Gasteiger partial charge in [0, 0.05) is 6.04 Å². The lowest BCUT2D eigenvalue weighted by Gasteiger charge is -2.26. The van der Waals surface area contributed by atoms with Crippen molar-refractivity contribution in [2.24, 2.45) is 0 Å². The largest absolute Gasteiger partial charge is 0.496 e. The molecular formula is C14H17F4NO2. The number of rotatable bonds is 6. The zero-order valence-corrected chi connectivity index (χ0v) is 12.0. The molecule has 118 valence electrons. The van der Waals surface area contributed by atoms with Gasteiger partial charge >= 0.3 is 6.18 Å². The number of hydrogen-bond acceptors (Lipinski definition) is 3. The maximum absolute atomic E-state index is 13.2. The van der Waals surface area contributed by atoms with Crippen molar-refractivity contribution in [3.05, 3.63) is 29.6 Å². The average Bonchev–Trinajstić information content (AvgIpc) is 2.36. The van der Waals surface area contributed by atoms with Crippen LogP contribution in [0, 0.1) is 5.82 Å². The van der Waals surface area contributed by atoms with E-state index in [0.717, 1.165) is 17.0 Å². The van der Waals surface area contributed by atoms with E-state index in [1.807, 2.05) is 0 Å². The van der Waals surface area contributed by atoms with Crippen molar-refractivity contribution in [3.63, 3.8) is 0 Å². The van der Waals surface area contributed by atoms with Gasteiger partial charge in [0.25, 0.3) is 0 Å². The third-order valence-corrected chi connectivity index (χ3v) is 2.92. The minimum absolute atomic E-state index is 0.0645. The Morgan fingerprint density at radius 2 is 1.95 bits per heavy atom. The van der Waals surface area contributed by atoms with Crippen LogP contribution in [0.4, 0.5) is 17.6 Å². The lowest BCUT2D eigenvalue weighted by Crippen LogP contribution is -2.42. The van der Waals surface area contributed by atoms with Crippen LogP contribution in [0.25, 0.3) is 0 Å². The van der Waals surface area contributed by atoms with Gasteiger partial charge < -0.3 is 4.74 Å². The number of carbonyl (C=O) groups is 1. The van der Waals surface area contributed by atoms with Crippen LogP contribution < -0.4 is 4.74 Å². The first-order chi connectivity index (χ1) is 9.64. The third kappa shape index (κ3) is 5.34. The van der Waals surface area contributed by atoms with Gasteiger partial charge in [0.15, 0.2) is 5.78 Å². The monoisotopic (exact) mass is 307 g/mol. The summed E-state index contributed by atoms with van der Waals surface area (Å²) in [6.45, 7) is 1.45. The van der Waals surface area contributed by atoms with Crippen LogP contribution in [-0.2, 0) is 0 Å². The third-order valence-electron chi connectivity index (χ3n) is 2.92. The van der Waals surface area contributed by atoms with E-state index in [-0.39, 0.29) is 11.3 Å². The summed E-state index contributed by atoms with van der Waals surface area (Å²) in [5.41, 5.74) is -0.0645. The van der Waals surface area contributed by atoms with Gasteiger partial charge in [-0.25, -0.2) is 4.39 Å². The van der Waals surface area contributed by atoms with Gasteiger partial charge in [0.2, 0.25) is 0 Å². The Hall–Kier alpha value is -1.63.